The average Bonchev–Trinajstić information content (AvgIpc) is 2.49. The zero-order chi connectivity index (χ0) is 14.1. The summed E-state index contributed by atoms with van der Waals surface area (Å²) in [6.07, 6.45) is 12.7. The Hall–Kier alpha value is -1.20. The summed E-state index contributed by atoms with van der Waals surface area (Å²) < 4.78 is 27.0. The summed E-state index contributed by atoms with van der Waals surface area (Å²) in [4.78, 5) is 4.24. The molecule has 1 aliphatic heterocycles. The fraction of sp³-hybridized carbons (Fsp3) is 0.533. The highest BCUT2D eigenvalue weighted by Crippen LogP contribution is 2.41. The highest BCUT2D eigenvalue weighted by molar-refractivity contribution is 7.89. The number of piperidine rings is 1. The summed E-state index contributed by atoms with van der Waals surface area (Å²) in [5.41, 5.74) is 0.155. The summed E-state index contributed by atoms with van der Waals surface area (Å²) in [6.45, 7) is 1.28. The lowest BCUT2D eigenvalue weighted by Crippen LogP contribution is -2.46. The number of pyridine rings is 1. The van der Waals surface area contributed by atoms with Crippen LogP contribution in [-0.4, -0.2) is 30.8 Å². The van der Waals surface area contributed by atoms with Crippen LogP contribution < -0.4 is 0 Å². The van der Waals surface area contributed by atoms with Crippen LogP contribution in [0.2, 0.25) is 0 Å². The number of rotatable bonds is 2. The van der Waals surface area contributed by atoms with Gasteiger partial charge in [0.25, 0.3) is 0 Å². The number of nitrogens with zero attached hydrogens (tertiary/aromatic N) is 2. The van der Waals surface area contributed by atoms with E-state index < -0.39 is 10.0 Å². The van der Waals surface area contributed by atoms with Gasteiger partial charge in [-0.05, 0) is 49.7 Å². The van der Waals surface area contributed by atoms with Crippen LogP contribution >= 0.6 is 0 Å². The SMILES string of the molecule is O=S(=O)(c1cccnc1)N1CCC[C@]2(CC=CCC2)C1. The molecule has 0 N–H and O–H groups in total. The van der Waals surface area contributed by atoms with Crippen molar-refractivity contribution in [3.05, 3.63) is 36.7 Å². The Kier molecular flexibility index (Phi) is 3.65. The molecule has 2 heterocycles. The van der Waals surface area contributed by atoms with E-state index in [0.717, 1.165) is 32.1 Å². The molecule has 5 heteroatoms. The molecule has 4 nitrogen and oxygen atoms in total. The molecule has 0 radical (unpaired) electrons. The molecule has 1 aromatic rings. The maximum absolute atomic E-state index is 12.7. The van der Waals surface area contributed by atoms with Crippen LogP contribution in [0.3, 0.4) is 0 Å². The lowest BCUT2D eigenvalue weighted by Gasteiger charge is -2.43. The van der Waals surface area contributed by atoms with E-state index in [4.69, 9.17) is 0 Å². The molecule has 0 aromatic carbocycles. The second kappa shape index (κ2) is 5.30. The van der Waals surface area contributed by atoms with Crippen molar-refractivity contribution in [3.8, 4) is 0 Å². The van der Waals surface area contributed by atoms with E-state index in [9.17, 15) is 8.42 Å². The van der Waals surface area contributed by atoms with E-state index in [2.05, 4.69) is 17.1 Å². The first-order valence-corrected chi connectivity index (χ1v) is 8.62. The monoisotopic (exact) mass is 292 g/mol. The van der Waals surface area contributed by atoms with Crippen LogP contribution in [0.5, 0.6) is 0 Å². The summed E-state index contributed by atoms with van der Waals surface area (Å²) in [5.74, 6) is 0. The zero-order valence-corrected chi connectivity index (χ0v) is 12.3. The normalized spacial score (nSPS) is 27.8. The van der Waals surface area contributed by atoms with E-state index in [1.165, 1.54) is 6.20 Å². The summed E-state index contributed by atoms with van der Waals surface area (Å²) >= 11 is 0. The first-order chi connectivity index (χ1) is 9.62. The lowest BCUT2D eigenvalue weighted by molar-refractivity contribution is 0.132. The number of allylic oxidation sites excluding steroid dienone is 2. The van der Waals surface area contributed by atoms with Crippen LogP contribution in [0, 0.1) is 5.41 Å². The molecule has 2 aliphatic rings. The second-order valence-electron chi connectivity index (χ2n) is 5.85. The van der Waals surface area contributed by atoms with E-state index in [-0.39, 0.29) is 5.41 Å². The smallest absolute Gasteiger partial charge is 0.244 e. The molecule has 1 fully saturated rings. The Balaban J connectivity index is 1.85. The minimum absolute atomic E-state index is 0.155. The highest BCUT2D eigenvalue weighted by atomic mass is 32.2. The first-order valence-electron chi connectivity index (χ1n) is 7.18. The average molecular weight is 292 g/mol. The van der Waals surface area contributed by atoms with Crippen LogP contribution in [-0.2, 0) is 10.0 Å². The fourth-order valence-corrected chi connectivity index (χ4v) is 4.89. The van der Waals surface area contributed by atoms with Crippen molar-refractivity contribution in [2.24, 2.45) is 5.41 Å². The third-order valence-electron chi connectivity index (χ3n) is 4.46. The zero-order valence-electron chi connectivity index (χ0n) is 11.5. The third-order valence-corrected chi connectivity index (χ3v) is 6.29. The highest BCUT2D eigenvalue weighted by Gasteiger charge is 2.39. The quantitative estimate of drug-likeness (QED) is 0.787. The Morgan fingerprint density at radius 1 is 1.25 bits per heavy atom. The van der Waals surface area contributed by atoms with Gasteiger partial charge in [-0.3, -0.25) is 4.98 Å². The Morgan fingerprint density at radius 3 is 2.85 bits per heavy atom. The van der Waals surface area contributed by atoms with Gasteiger partial charge >= 0.3 is 0 Å². The predicted octanol–water partition coefficient (Wildman–Crippen LogP) is 2.59. The van der Waals surface area contributed by atoms with E-state index in [1.54, 1.807) is 22.6 Å². The fourth-order valence-electron chi connectivity index (χ4n) is 3.33. The van der Waals surface area contributed by atoms with Crippen LogP contribution in [0.15, 0.2) is 41.6 Å². The molecule has 1 saturated heterocycles. The number of aromatic nitrogens is 1. The lowest BCUT2D eigenvalue weighted by atomic mass is 9.72. The van der Waals surface area contributed by atoms with Crippen molar-refractivity contribution in [2.75, 3.05) is 13.1 Å². The maximum Gasteiger partial charge on any atom is 0.244 e. The van der Waals surface area contributed by atoms with Crippen molar-refractivity contribution in [2.45, 2.75) is 37.0 Å². The van der Waals surface area contributed by atoms with Crippen molar-refractivity contribution in [1.29, 1.82) is 0 Å². The third kappa shape index (κ3) is 2.52. The summed E-state index contributed by atoms with van der Waals surface area (Å²) in [5, 5.41) is 0. The van der Waals surface area contributed by atoms with Crippen molar-refractivity contribution in [3.63, 3.8) is 0 Å². The molecule has 108 valence electrons. The molecular weight excluding hydrogens is 272 g/mol. The topological polar surface area (TPSA) is 50.3 Å². The van der Waals surface area contributed by atoms with Gasteiger partial charge in [-0.2, -0.15) is 4.31 Å². The predicted molar refractivity (Wildman–Crippen MR) is 77.7 cm³/mol. The number of sulfonamides is 1. The van der Waals surface area contributed by atoms with E-state index >= 15 is 0 Å². The van der Waals surface area contributed by atoms with Gasteiger partial charge in [0.2, 0.25) is 10.0 Å². The molecule has 0 amide bonds. The minimum atomic E-state index is -3.39. The Bertz CT molecular complexity index is 598. The van der Waals surface area contributed by atoms with E-state index in [0.29, 0.717) is 18.0 Å². The standard InChI is InChI=1S/C15H20N2O2S/c18-20(19,14-6-4-10-16-12-14)17-11-5-9-15(13-17)7-2-1-3-8-15/h1-2,4,6,10,12H,3,5,7-9,11,13H2/t15-/m1/s1. The van der Waals surface area contributed by atoms with Gasteiger partial charge in [0, 0.05) is 25.5 Å². The second-order valence-corrected chi connectivity index (χ2v) is 7.78. The molecule has 1 aliphatic carbocycles. The number of hydrogen-bond acceptors (Lipinski definition) is 3. The Labute approximate surface area is 120 Å². The van der Waals surface area contributed by atoms with E-state index in [1.807, 2.05) is 0 Å². The molecule has 3 rings (SSSR count). The Morgan fingerprint density at radius 2 is 2.15 bits per heavy atom. The van der Waals surface area contributed by atoms with Crippen molar-refractivity contribution in [1.82, 2.24) is 9.29 Å². The largest absolute Gasteiger partial charge is 0.263 e. The molecule has 0 saturated carbocycles. The van der Waals surface area contributed by atoms with Gasteiger partial charge < -0.3 is 0 Å². The van der Waals surface area contributed by atoms with Crippen molar-refractivity contribution < 1.29 is 8.42 Å². The van der Waals surface area contributed by atoms with Gasteiger partial charge in [-0.25, -0.2) is 8.42 Å². The van der Waals surface area contributed by atoms with Gasteiger partial charge in [0.15, 0.2) is 0 Å². The summed E-state index contributed by atoms with van der Waals surface area (Å²) in [6, 6.07) is 3.31. The summed E-state index contributed by atoms with van der Waals surface area (Å²) in [7, 11) is -3.39. The van der Waals surface area contributed by atoms with Crippen LogP contribution in [0.4, 0.5) is 0 Å². The molecule has 0 unspecified atom stereocenters. The maximum atomic E-state index is 12.7. The van der Waals surface area contributed by atoms with Gasteiger partial charge in [-0.1, -0.05) is 12.2 Å². The van der Waals surface area contributed by atoms with Gasteiger partial charge in [-0.15, -0.1) is 0 Å². The molecule has 1 spiro atoms. The molecule has 1 atom stereocenters. The van der Waals surface area contributed by atoms with Gasteiger partial charge in [0.05, 0.1) is 0 Å². The van der Waals surface area contributed by atoms with Crippen LogP contribution in [0.25, 0.3) is 0 Å². The van der Waals surface area contributed by atoms with Crippen LogP contribution in [0.1, 0.15) is 32.1 Å². The first kappa shape index (κ1) is 13.8. The molecule has 1 aromatic heterocycles. The molecular formula is C15H20N2O2S. The minimum Gasteiger partial charge on any atom is -0.263 e. The molecule has 0 bridgehead atoms. The van der Waals surface area contributed by atoms with Gasteiger partial charge in [0.1, 0.15) is 4.90 Å². The molecule has 20 heavy (non-hydrogen) atoms. The van der Waals surface area contributed by atoms with Crippen molar-refractivity contribution >= 4 is 10.0 Å². The number of hydrogen-bond donors (Lipinski definition) is 0.